The molecule has 5 aromatic heterocycles. The zero-order valence-electron chi connectivity index (χ0n) is 17.4. The third kappa shape index (κ3) is 2.81. The van der Waals surface area contributed by atoms with Crippen LogP contribution in [0.4, 0.5) is 0 Å². The monoisotopic (exact) mass is 419 g/mol. The smallest absolute Gasteiger partial charge is 0.211 e. The predicted molar refractivity (Wildman–Crippen MR) is 116 cm³/mol. The van der Waals surface area contributed by atoms with Crippen molar-refractivity contribution in [1.29, 1.82) is 0 Å². The molecule has 0 fully saturated rings. The summed E-state index contributed by atoms with van der Waals surface area (Å²) in [5.41, 5.74) is 6.92. The van der Waals surface area contributed by atoms with Gasteiger partial charge in [-0.1, -0.05) is 11.3 Å². The Bertz CT molecular complexity index is 1370. The summed E-state index contributed by atoms with van der Waals surface area (Å²) in [7, 11) is 3.58. The number of methoxy groups -OCH3 is 1. The third-order valence-electron chi connectivity index (χ3n) is 5.33. The van der Waals surface area contributed by atoms with Crippen LogP contribution in [0.3, 0.4) is 0 Å². The fourth-order valence-electron chi connectivity index (χ4n) is 3.58. The summed E-state index contributed by atoms with van der Waals surface area (Å²) in [4.78, 5) is 5.84. The van der Waals surface area contributed by atoms with Crippen molar-refractivity contribution >= 4 is 16.9 Å². The van der Waals surface area contributed by atoms with Gasteiger partial charge in [-0.15, -0.1) is 0 Å². The number of hydrogen-bond donors (Lipinski definition) is 0. The number of hydrogen-bond acceptors (Lipinski definition) is 6. The number of aromatic nitrogens is 7. The summed E-state index contributed by atoms with van der Waals surface area (Å²) in [6.45, 7) is 6.14. The highest BCUT2D eigenvalue weighted by Crippen LogP contribution is 2.36. The Labute approximate surface area is 177 Å². The van der Waals surface area contributed by atoms with Gasteiger partial charge in [0.1, 0.15) is 11.3 Å². The molecular weight excluding hydrogens is 398 g/mol. The molecule has 0 aliphatic carbocycles. The normalized spacial score (nSPS) is 11.5. The van der Waals surface area contributed by atoms with E-state index in [1.54, 1.807) is 23.1 Å². The molecule has 5 heterocycles. The van der Waals surface area contributed by atoms with Crippen LogP contribution in [0, 0.1) is 20.8 Å². The van der Waals surface area contributed by atoms with Crippen molar-refractivity contribution < 1.29 is 4.74 Å². The first-order valence-corrected chi connectivity index (χ1v) is 10.3. The molecule has 0 saturated carbocycles. The van der Waals surface area contributed by atoms with Crippen molar-refractivity contribution in [2.45, 2.75) is 20.8 Å². The van der Waals surface area contributed by atoms with Gasteiger partial charge in [0, 0.05) is 46.6 Å². The van der Waals surface area contributed by atoms with Gasteiger partial charge in [-0.05, 0) is 26.8 Å². The molecule has 9 heteroatoms. The van der Waals surface area contributed by atoms with Crippen molar-refractivity contribution in [2.24, 2.45) is 7.05 Å². The van der Waals surface area contributed by atoms with Gasteiger partial charge in [0.15, 0.2) is 0 Å². The van der Waals surface area contributed by atoms with Crippen LogP contribution < -0.4 is 4.74 Å². The fourth-order valence-corrected chi connectivity index (χ4v) is 4.50. The number of aryl methyl sites for hydroxylation is 3. The van der Waals surface area contributed by atoms with Crippen molar-refractivity contribution in [2.75, 3.05) is 7.11 Å². The largest absolute Gasteiger partial charge is 0.494 e. The second kappa shape index (κ2) is 6.81. The first-order valence-electron chi connectivity index (χ1n) is 9.50. The summed E-state index contributed by atoms with van der Waals surface area (Å²) in [6, 6.07) is 2.02. The number of fused-ring (bicyclic) bond motifs is 1. The van der Waals surface area contributed by atoms with E-state index >= 15 is 0 Å². The zero-order chi connectivity index (χ0) is 21.0. The summed E-state index contributed by atoms with van der Waals surface area (Å²) in [6.07, 6.45) is 9.52. The molecule has 0 atom stereocenters. The SMILES string of the molecule is COc1cc(-c2cnn(C)c2)cn2ncc(-c3cnn(-c4nc(C)c(C)s4)c3C)c12. The molecule has 0 saturated heterocycles. The molecular formula is C21H21N7OS. The van der Waals surface area contributed by atoms with E-state index in [0.29, 0.717) is 0 Å². The minimum Gasteiger partial charge on any atom is -0.494 e. The maximum Gasteiger partial charge on any atom is 0.211 e. The number of ether oxygens (including phenoxy) is 1. The molecule has 0 aliphatic heterocycles. The second-order valence-electron chi connectivity index (χ2n) is 7.24. The molecule has 0 amide bonds. The Morgan fingerprint density at radius 3 is 2.40 bits per heavy atom. The summed E-state index contributed by atoms with van der Waals surface area (Å²) >= 11 is 1.64. The number of nitrogens with zero attached hydrogens (tertiary/aromatic N) is 7. The Hall–Kier alpha value is -3.46. The molecule has 0 unspecified atom stereocenters. The van der Waals surface area contributed by atoms with Crippen LogP contribution in [0.25, 0.3) is 32.9 Å². The third-order valence-corrected chi connectivity index (χ3v) is 6.38. The van der Waals surface area contributed by atoms with E-state index in [1.165, 1.54) is 4.88 Å². The Kier molecular flexibility index (Phi) is 4.21. The second-order valence-corrected chi connectivity index (χ2v) is 8.43. The maximum atomic E-state index is 5.74. The maximum absolute atomic E-state index is 5.74. The molecule has 0 spiro atoms. The fraction of sp³-hybridized carbons (Fsp3) is 0.238. The van der Waals surface area contributed by atoms with Crippen LogP contribution in [-0.4, -0.2) is 41.3 Å². The van der Waals surface area contributed by atoms with Gasteiger partial charge in [-0.2, -0.15) is 15.3 Å². The number of pyridine rings is 1. The topological polar surface area (TPSA) is 75.1 Å². The number of thiazole rings is 1. The van der Waals surface area contributed by atoms with Crippen LogP contribution in [0.1, 0.15) is 16.3 Å². The molecule has 152 valence electrons. The van der Waals surface area contributed by atoms with Crippen molar-refractivity contribution in [3.05, 3.63) is 53.3 Å². The highest BCUT2D eigenvalue weighted by atomic mass is 32.1. The standard InChI is InChI=1S/C21H21N7OS/c1-12-14(3)30-21(25-12)28-13(2)17(8-24-28)18-9-23-27-11-15(6-19(29-5)20(18)27)16-7-22-26(4)10-16/h6-11H,1-5H3. The molecule has 0 aliphatic rings. The van der Waals surface area contributed by atoms with Crippen molar-refractivity contribution in [3.8, 4) is 33.1 Å². The molecule has 30 heavy (non-hydrogen) atoms. The van der Waals surface area contributed by atoms with E-state index in [1.807, 2.05) is 67.1 Å². The minimum absolute atomic E-state index is 0.747. The molecule has 8 nitrogen and oxygen atoms in total. The number of rotatable bonds is 4. The van der Waals surface area contributed by atoms with Gasteiger partial charge in [0.2, 0.25) is 5.13 Å². The summed E-state index contributed by atoms with van der Waals surface area (Å²) in [5, 5.41) is 14.3. The Morgan fingerprint density at radius 1 is 0.933 bits per heavy atom. The van der Waals surface area contributed by atoms with E-state index in [-0.39, 0.29) is 0 Å². The molecule has 0 N–H and O–H groups in total. The van der Waals surface area contributed by atoms with E-state index in [9.17, 15) is 0 Å². The van der Waals surface area contributed by atoms with E-state index in [2.05, 4.69) is 27.2 Å². The first-order chi connectivity index (χ1) is 14.5. The zero-order valence-corrected chi connectivity index (χ0v) is 18.2. The Morgan fingerprint density at radius 2 is 1.73 bits per heavy atom. The molecule has 0 radical (unpaired) electrons. The van der Waals surface area contributed by atoms with Crippen LogP contribution >= 0.6 is 11.3 Å². The predicted octanol–water partition coefficient (Wildman–Crippen LogP) is 3.98. The first kappa shape index (κ1) is 18.6. The van der Waals surface area contributed by atoms with Crippen LogP contribution in [0.2, 0.25) is 0 Å². The van der Waals surface area contributed by atoms with Crippen molar-refractivity contribution in [1.82, 2.24) is 34.2 Å². The lowest BCUT2D eigenvalue weighted by Gasteiger charge is -2.08. The lowest BCUT2D eigenvalue weighted by Crippen LogP contribution is -1.98. The summed E-state index contributed by atoms with van der Waals surface area (Å²) < 4.78 is 11.3. The van der Waals surface area contributed by atoms with E-state index < -0.39 is 0 Å². The van der Waals surface area contributed by atoms with E-state index in [4.69, 9.17) is 4.74 Å². The molecule has 0 bridgehead atoms. The molecule has 5 aromatic rings. The van der Waals surface area contributed by atoms with Gasteiger partial charge in [0.25, 0.3) is 0 Å². The molecule has 0 aromatic carbocycles. The highest BCUT2D eigenvalue weighted by molar-refractivity contribution is 7.14. The van der Waals surface area contributed by atoms with Crippen LogP contribution in [-0.2, 0) is 7.05 Å². The minimum atomic E-state index is 0.747. The highest BCUT2D eigenvalue weighted by Gasteiger charge is 2.20. The van der Waals surface area contributed by atoms with Crippen LogP contribution in [0.5, 0.6) is 5.75 Å². The molecule has 5 rings (SSSR count). The Balaban J connectivity index is 1.65. The van der Waals surface area contributed by atoms with E-state index in [0.717, 1.165) is 50.0 Å². The van der Waals surface area contributed by atoms with Gasteiger partial charge in [-0.3, -0.25) is 4.68 Å². The summed E-state index contributed by atoms with van der Waals surface area (Å²) in [5.74, 6) is 0.747. The lowest BCUT2D eigenvalue weighted by atomic mass is 10.1. The van der Waals surface area contributed by atoms with Crippen LogP contribution in [0.15, 0.2) is 37.1 Å². The average Bonchev–Trinajstić information content (AvgIpc) is 3.49. The van der Waals surface area contributed by atoms with Gasteiger partial charge in [-0.25, -0.2) is 14.2 Å². The van der Waals surface area contributed by atoms with Gasteiger partial charge in [0.05, 0.1) is 37.1 Å². The van der Waals surface area contributed by atoms with Gasteiger partial charge < -0.3 is 4.74 Å². The van der Waals surface area contributed by atoms with Crippen molar-refractivity contribution in [3.63, 3.8) is 0 Å². The quantitative estimate of drug-likeness (QED) is 0.440. The van der Waals surface area contributed by atoms with Gasteiger partial charge >= 0.3 is 0 Å². The average molecular weight is 420 g/mol. The lowest BCUT2D eigenvalue weighted by molar-refractivity contribution is 0.418.